The van der Waals surface area contributed by atoms with Crippen molar-refractivity contribution < 1.29 is 15.3 Å². The number of hydrogen-bond acceptors (Lipinski definition) is 3. The molecule has 0 aromatic heterocycles. The third kappa shape index (κ3) is 3.28. The van der Waals surface area contributed by atoms with Crippen molar-refractivity contribution in [2.45, 2.75) is 26.9 Å². The summed E-state index contributed by atoms with van der Waals surface area (Å²) in [5.41, 5.74) is 0.522. The van der Waals surface area contributed by atoms with Gasteiger partial charge in [-0.2, -0.15) is 0 Å². The lowest BCUT2D eigenvalue weighted by Gasteiger charge is -2.22. The molecule has 1 atom stereocenters. The summed E-state index contributed by atoms with van der Waals surface area (Å²) >= 11 is 0. The first kappa shape index (κ1) is 12.6. The van der Waals surface area contributed by atoms with E-state index in [9.17, 15) is 10.2 Å². The van der Waals surface area contributed by atoms with Gasteiger partial charge in [0.15, 0.2) is 11.5 Å². The highest BCUT2D eigenvalue weighted by molar-refractivity contribution is 5.55. The third-order valence-corrected chi connectivity index (χ3v) is 2.36. The molecule has 3 heteroatoms. The quantitative estimate of drug-likeness (QED) is 0.674. The van der Waals surface area contributed by atoms with E-state index in [1.54, 1.807) is 18.2 Å². The zero-order valence-electron chi connectivity index (χ0n) is 9.81. The van der Waals surface area contributed by atoms with Crippen LogP contribution in [0.1, 0.15) is 26.3 Å². The fourth-order valence-corrected chi connectivity index (χ4v) is 1.14. The molecule has 16 heavy (non-hydrogen) atoms. The van der Waals surface area contributed by atoms with E-state index < -0.39 is 6.10 Å². The highest BCUT2D eigenvalue weighted by Crippen LogP contribution is 2.26. The van der Waals surface area contributed by atoms with Gasteiger partial charge in [-0.25, -0.2) is 0 Å². The van der Waals surface area contributed by atoms with Crippen molar-refractivity contribution in [1.29, 1.82) is 0 Å². The van der Waals surface area contributed by atoms with Crippen LogP contribution < -0.4 is 0 Å². The second kappa shape index (κ2) is 4.58. The van der Waals surface area contributed by atoms with Gasteiger partial charge in [0.25, 0.3) is 0 Å². The minimum Gasteiger partial charge on any atom is -0.504 e. The molecule has 0 aliphatic rings. The highest BCUT2D eigenvalue weighted by atomic mass is 16.3. The topological polar surface area (TPSA) is 60.7 Å². The lowest BCUT2D eigenvalue weighted by molar-refractivity contribution is 0.106. The van der Waals surface area contributed by atoms with Crippen LogP contribution in [0.5, 0.6) is 11.5 Å². The van der Waals surface area contributed by atoms with Crippen LogP contribution in [0.3, 0.4) is 0 Å². The molecule has 1 unspecified atom stereocenters. The van der Waals surface area contributed by atoms with Crippen molar-refractivity contribution in [3.05, 3.63) is 29.8 Å². The summed E-state index contributed by atoms with van der Waals surface area (Å²) in [5, 5.41) is 28.2. The maximum Gasteiger partial charge on any atom is 0.157 e. The Morgan fingerprint density at radius 3 is 2.25 bits per heavy atom. The van der Waals surface area contributed by atoms with Crippen LogP contribution in [0.2, 0.25) is 0 Å². The molecule has 1 aromatic carbocycles. The molecule has 3 nitrogen and oxygen atoms in total. The molecular weight excluding hydrogens is 204 g/mol. The number of aliphatic hydroxyl groups is 1. The van der Waals surface area contributed by atoms with Gasteiger partial charge in [0.05, 0.1) is 6.10 Å². The zero-order chi connectivity index (χ0) is 12.3. The van der Waals surface area contributed by atoms with Gasteiger partial charge >= 0.3 is 0 Å². The number of phenols is 2. The summed E-state index contributed by atoms with van der Waals surface area (Å²) in [6.45, 7) is 5.82. The summed E-state index contributed by atoms with van der Waals surface area (Å²) in [7, 11) is 0. The van der Waals surface area contributed by atoms with Gasteiger partial charge < -0.3 is 15.3 Å². The van der Waals surface area contributed by atoms with Gasteiger partial charge in [-0.05, 0) is 23.1 Å². The molecular formula is C13H18O3. The Balaban J connectivity index is 2.81. The number of benzene rings is 1. The van der Waals surface area contributed by atoms with Gasteiger partial charge in [-0.1, -0.05) is 39.0 Å². The number of aromatic hydroxyl groups is 2. The van der Waals surface area contributed by atoms with Crippen molar-refractivity contribution in [3.63, 3.8) is 0 Å². The molecule has 0 heterocycles. The Bertz CT molecular complexity index is 389. The molecule has 0 aliphatic heterocycles. The summed E-state index contributed by atoms with van der Waals surface area (Å²) in [4.78, 5) is 0. The Kier molecular flexibility index (Phi) is 3.60. The SMILES string of the molecule is CC(C)(C)C(O)/C=C/c1ccc(O)c(O)c1. The van der Waals surface area contributed by atoms with Gasteiger partial charge in [-0.3, -0.25) is 0 Å². The van der Waals surface area contributed by atoms with Crippen molar-refractivity contribution >= 4 is 6.08 Å². The number of hydrogen-bond donors (Lipinski definition) is 3. The predicted octanol–water partition coefficient (Wildman–Crippen LogP) is 2.52. The molecule has 0 radical (unpaired) electrons. The molecule has 0 saturated heterocycles. The summed E-state index contributed by atoms with van der Waals surface area (Å²) < 4.78 is 0. The first-order chi connectivity index (χ1) is 7.30. The smallest absolute Gasteiger partial charge is 0.157 e. The van der Waals surface area contributed by atoms with Gasteiger partial charge in [0, 0.05) is 0 Å². The molecule has 1 rings (SSSR count). The summed E-state index contributed by atoms with van der Waals surface area (Å²) in [6, 6.07) is 4.53. The van der Waals surface area contributed by atoms with E-state index in [1.807, 2.05) is 20.8 Å². The van der Waals surface area contributed by atoms with Crippen LogP contribution in [0.4, 0.5) is 0 Å². The largest absolute Gasteiger partial charge is 0.504 e. The second-order valence-electron chi connectivity index (χ2n) is 4.92. The first-order valence-corrected chi connectivity index (χ1v) is 5.19. The molecule has 0 fully saturated rings. The second-order valence-corrected chi connectivity index (χ2v) is 4.92. The van der Waals surface area contributed by atoms with E-state index in [0.717, 1.165) is 5.56 Å². The van der Waals surface area contributed by atoms with E-state index in [2.05, 4.69) is 0 Å². The van der Waals surface area contributed by atoms with Crippen LogP contribution in [0, 0.1) is 5.41 Å². The van der Waals surface area contributed by atoms with E-state index >= 15 is 0 Å². The van der Waals surface area contributed by atoms with E-state index in [0.29, 0.717) is 0 Å². The lowest BCUT2D eigenvalue weighted by atomic mass is 9.89. The van der Waals surface area contributed by atoms with E-state index in [-0.39, 0.29) is 16.9 Å². The molecule has 88 valence electrons. The van der Waals surface area contributed by atoms with Crippen molar-refractivity contribution in [2.75, 3.05) is 0 Å². The van der Waals surface area contributed by atoms with Crippen LogP contribution >= 0.6 is 0 Å². The summed E-state index contributed by atoms with van der Waals surface area (Å²) in [5.74, 6) is -0.305. The van der Waals surface area contributed by atoms with Crippen LogP contribution in [0.25, 0.3) is 6.08 Å². The van der Waals surface area contributed by atoms with Crippen LogP contribution in [-0.4, -0.2) is 21.4 Å². The third-order valence-electron chi connectivity index (χ3n) is 2.36. The fourth-order valence-electron chi connectivity index (χ4n) is 1.14. The monoisotopic (exact) mass is 222 g/mol. The molecule has 0 aliphatic carbocycles. The average molecular weight is 222 g/mol. The summed E-state index contributed by atoms with van der Waals surface area (Å²) in [6.07, 6.45) is 2.84. The molecule has 0 amide bonds. The molecule has 0 spiro atoms. The Morgan fingerprint density at radius 1 is 1.12 bits per heavy atom. The minimum atomic E-state index is -0.552. The predicted molar refractivity (Wildman–Crippen MR) is 64.3 cm³/mol. The van der Waals surface area contributed by atoms with Crippen molar-refractivity contribution in [2.24, 2.45) is 5.41 Å². The maximum absolute atomic E-state index is 9.77. The molecule has 1 aromatic rings. The Morgan fingerprint density at radius 2 is 1.75 bits per heavy atom. The number of aliphatic hydroxyl groups excluding tert-OH is 1. The molecule has 0 saturated carbocycles. The van der Waals surface area contributed by atoms with E-state index in [4.69, 9.17) is 5.11 Å². The fraction of sp³-hybridized carbons (Fsp3) is 0.385. The maximum atomic E-state index is 9.77. The van der Waals surface area contributed by atoms with Gasteiger partial charge in [0.2, 0.25) is 0 Å². The number of phenolic OH excluding ortho intramolecular Hbond substituents is 2. The van der Waals surface area contributed by atoms with Gasteiger partial charge in [-0.15, -0.1) is 0 Å². The zero-order valence-corrected chi connectivity index (χ0v) is 9.81. The standard InChI is InChI=1S/C13H18O3/c1-13(2,3)12(16)7-5-9-4-6-10(14)11(15)8-9/h4-8,12,14-16H,1-3H3/b7-5+. The average Bonchev–Trinajstić information content (AvgIpc) is 2.18. The van der Waals surface area contributed by atoms with Crippen LogP contribution in [-0.2, 0) is 0 Å². The van der Waals surface area contributed by atoms with Crippen LogP contribution in [0.15, 0.2) is 24.3 Å². The van der Waals surface area contributed by atoms with Crippen molar-refractivity contribution in [1.82, 2.24) is 0 Å². The van der Waals surface area contributed by atoms with Gasteiger partial charge in [0.1, 0.15) is 0 Å². The van der Waals surface area contributed by atoms with E-state index in [1.165, 1.54) is 12.1 Å². The Labute approximate surface area is 95.7 Å². The number of rotatable bonds is 2. The lowest BCUT2D eigenvalue weighted by Crippen LogP contribution is -2.23. The highest BCUT2D eigenvalue weighted by Gasteiger charge is 2.18. The van der Waals surface area contributed by atoms with Crippen molar-refractivity contribution in [3.8, 4) is 11.5 Å². The molecule has 0 bridgehead atoms. The molecule has 3 N–H and O–H groups in total. The Hall–Kier alpha value is -1.48. The normalized spacial score (nSPS) is 14.2. The first-order valence-electron chi connectivity index (χ1n) is 5.19. The minimum absolute atomic E-state index is 0.145.